The Morgan fingerprint density at radius 1 is 0.929 bits per heavy atom. The predicted molar refractivity (Wildman–Crippen MR) is 167 cm³/mol. The summed E-state index contributed by atoms with van der Waals surface area (Å²) >= 11 is 3.08. The van der Waals surface area contributed by atoms with E-state index in [0.29, 0.717) is 22.3 Å². The van der Waals surface area contributed by atoms with Gasteiger partial charge in [-0.2, -0.15) is 0 Å². The molecule has 0 saturated heterocycles. The SMILES string of the molecule is COc1ccc(-n2nnc(C(=O)Nc3ccc(-c4nc5ccc(C)cc5s4)cc3)c2CSc2nc(C)cc(C)n2)cc1. The molecule has 9 nitrogen and oxygen atoms in total. The van der Waals surface area contributed by atoms with Crippen molar-refractivity contribution in [2.24, 2.45) is 0 Å². The van der Waals surface area contributed by atoms with Crippen molar-refractivity contribution in [3.8, 4) is 22.0 Å². The minimum atomic E-state index is -0.352. The lowest BCUT2D eigenvalue weighted by molar-refractivity contribution is 0.102. The van der Waals surface area contributed by atoms with Gasteiger partial charge in [0.25, 0.3) is 5.91 Å². The number of carbonyl (C=O) groups excluding carboxylic acids is 1. The van der Waals surface area contributed by atoms with Gasteiger partial charge in [-0.15, -0.1) is 16.4 Å². The van der Waals surface area contributed by atoms with Gasteiger partial charge in [0.2, 0.25) is 0 Å². The normalized spacial score (nSPS) is 11.1. The third-order valence-electron chi connectivity index (χ3n) is 6.53. The second-order valence-electron chi connectivity index (χ2n) is 9.74. The first-order valence-electron chi connectivity index (χ1n) is 13.2. The fourth-order valence-corrected chi connectivity index (χ4v) is 6.48. The number of thioether (sulfide) groups is 1. The van der Waals surface area contributed by atoms with Crippen molar-refractivity contribution in [3.63, 3.8) is 0 Å². The van der Waals surface area contributed by atoms with Gasteiger partial charge in [0.05, 0.1) is 28.7 Å². The van der Waals surface area contributed by atoms with Gasteiger partial charge in [0, 0.05) is 28.4 Å². The Morgan fingerprint density at radius 2 is 1.67 bits per heavy atom. The maximum absolute atomic E-state index is 13.5. The van der Waals surface area contributed by atoms with Gasteiger partial charge in [-0.25, -0.2) is 19.6 Å². The van der Waals surface area contributed by atoms with E-state index in [4.69, 9.17) is 9.72 Å². The molecule has 0 bridgehead atoms. The van der Waals surface area contributed by atoms with Crippen molar-refractivity contribution < 1.29 is 9.53 Å². The van der Waals surface area contributed by atoms with Gasteiger partial charge in [-0.1, -0.05) is 23.0 Å². The number of nitrogens with one attached hydrogen (secondary N) is 1. The number of anilines is 1. The van der Waals surface area contributed by atoms with E-state index in [9.17, 15) is 4.79 Å². The number of hydrogen-bond donors (Lipinski definition) is 1. The molecular weight excluding hydrogens is 567 g/mol. The van der Waals surface area contributed by atoms with Crippen molar-refractivity contribution in [1.82, 2.24) is 29.9 Å². The molecule has 1 amide bonds. The lowest BCUT2D eigenvalue weighted by atomic mass is 10.2. The van der Waals surface area contributed by atoms with Crippen LogP contribution in [0.2, 0.25) is 0 Å². The smallest absolute Gasteiger partial charge is 0.278 e. The highest BCUT2D eigenvalue weighted by atomic mass is 32.2. The zero-order chi connectivity index (χ0) is 29.2. The fourth-order valence-electron chi connectivity index (χ4n) is 4.47. The number of fused-ring (bicyclic) bond motifs is 1. The number of hydrogen-bond acceptors (Lipinski definition) is 9. The van der Waals surface area contributed by atoms with E-state index in [-0.39, 0.29) is 11.6 Å². The van der Waals surface area contributed by atoms with Crippen molar-refractivity contribution in [2.75, 3.05) is 12.4 Å². The first-order chi connectivity index (χ1) is 20.4. The van der Waals surface area contributed by atoms with Gasteiger partial charge >= 0.3 is 0 Å². The van der Waals surface area contributed by atoms with Crippen LogP contribution in [0.5, 0.6) is 5.75 Å². The number of amides is 1. The number of ether oxygens (including phenoxy) is 1. The second kappa shape index (κ2) is 11.7. The first-order valence-corrected chi connectivity index (χ1v) is 15.0. The molecule has 0 atom stereocenters. The Kier molecular flexibility index (Phi) is 7.68. The molecule has 0 fully saturated rings. The first kappa shape index (κ1) is 27.6. The van der Waals surface area contributed by atoms with Crippen LogP contribution in [-0.4, -0.2) is 43.0 Å². The molecule has 42 heavy (non-hydrogen) atoms. The summed E-state index contributed by atoms with van der Waals surface area (Å²) in [6, 6.07) is 23.3. The molecule has 0 unspecified atom stereocenters. The van der Waals surface area contributed by atoms with Crippen LogP contribution < -0.4 is 10.1 Å². The quantitative estimate of drug-likeness (QED) is 0.151. The van der Waals surface area contributed by atoms with Crippen molar-refractivity contribution >= 4 is 44.9 Å². The van der Waals surface area contributed by atoms with Crippen molar-refractivity contribution in [3.05, 3.63) is 101 Å². The molecule has 11 heteroatoms. The summed E-state index contributed by atoms with van der Waals surface area (Å²) in [5, 5.41) is 13.2. The number of methoxy groups -OCH3 is 1. The van der Waals surface area contributed by atoms with Gasteiger partial charge in [-0.3, -0.25) is 4.79 Å². The highest BCUT2D eigenvalue weighted by Crippen LogP contribution is 2.31. The summed E-state index contributed by atoms with van der Waals surface area (Å²) in [6.07, 6.45) is 0. The molecule has 3 aromatic carbocycles. The fraction of sp³-hybridized carbons (Fsp3) is 0.161. The Labute approximate surface area is 251 Å². The maximum atomic E-state index is 13.5. The van der Waals surface area contributed by atoms with E-state index in [1.54, 1.807) is 23.1 Å². The van der Waals surface area contributed by atoms with Crippen molar-refractivity contribution in [1.29, 1.82) is 0 Å². The van der Waals surface area contributed by atoms with Crippen LogP contribution in [0, 0.1) is 20.8 Å². The van der Waals surface area contributed by atoms with Crippen LogP contribution in [0.4, 0.5) is 5.69 Å². The van der Waals surface area contributed by atoms with Crippen LogP contribution in [0.3, 0.4) is 0 Å². The molecule has 0 saturated carbocycles. The Bertz CT molecular complexity index is 1880. The lowest BCUT2D eigenvalue weighted by Gasteiger charge is -2.10. The summed E-state index contributed by atoms with van der Waals surface area (Å²) in [6.45, 7) is 5.95. The summed E-state index contributed by atoms with van der Waals surface area (Å²) in [7, 11) is 1.62. The predicted octanol–water partition coefficient (Wildman–Crippen LogP) is 6.81. The third-order valence-corrected chi connectivity index (χ3v) is 8.45. The molecular formula is C31H27N7O2S2. The summed E-state index contributed by atoms with van der Waals surface area (Å²) in [5.74, 6) is 0.761. The Hall–Kier alpha value is -4.61. The number of aryl methyl sites for hydroxylation is 3. The largest absolute Gasteiger partial charge is 0.497 e. The van der Waals surface area contributed by atoms with E-state index in [2.05, 4.69) is 44.7 Å². The topological polar surface area (TPSA) is 108 Å². The molecule has 0 aliphatic rings. The highest BCUT2D eigenvalue weighted by molar-refractivity contribution is 7.98. The zero-order valence-corrected chi connectivity index (χ0v) is 25.1. The minimum absolute atomic E-state index is 0.230. The van der Waals surface area contributed by atoms with Crippen LogP contribution in [0.15, 0.2) is 78.0 Å². The standard InChI is InChI=1S/C31H27N7O2S2/c1-18-5-14-25-27(15-18)42-30(35-25)21-6-8-22(9-7-21)34-29(39)28-26(17-41-31-32-19(2)16-20(3)33-31)38(37-36-28)23-10-12-24(40-4)13-11-23/h5-16H,17H2,1-4H3,(H,34,39). The molecule has 6 rings (SSSR count). The molecule has 0 spiro atoms. The van der Waals surface area contributed by atoms with Crippen LogP contribution in [0.1, 0.15) is 33.1 Å². The average Bonchev–Trinajstić information content (AvgIpc) is 3.60. The number of carbonyl (C=O) groups is 1. The van der Waals surface area contributed by atoms with Crippen LogP contribution in [0.25, 0.3) is 26.5 Å². The van der Waals surface area contributed by atoms with Crippen molar-refractivity contribution in [2.45, 2.75) is 31.7 Å². The van der Waals surface area contributed by atoms with Gasteiger partial charge < -0.3 is 10.1 Å². The number of rotatable bonds is 8. The second-order valence-corrected chi connectivity index (χ2v) is 11.7. The van der Waals surface area contributed by atoms with E-state index < -0.39 is 0 Å². The molecule has 3 heterocycles. The number of thiazole rings is 1. The molecule has 0 aliphatic heterocycles. The molecule has 0 aliphatic carbocycles. The molecule has 0 radical (unpaired) electrons. The van der Waals surface area contributed by atoms with E-state index in [1.165, 1.54) is 17.3 Å². The summed E-state index contributed by atoms with van der Waals surface area (Å²) in [5.41, 5.74) is 7.21. The van der Waals surface area contributed by atoms with Crippen LogP contribution in [-0.2, 0) is 5.75 Å². The van der Waals surface area contributed by atoms with Gasteiger partial charge in [-0.05, 0) is 93.1 Å². The molecule has 3 aromatic heterocycles. The maximum Gasteiger partial charge on any atom is 0.278 e. The van der Waals surface area contributed by atoms with Crippen LogP contribution >= 0.6 is 23.1 Å². The minimum Gasteiger partial charge on any atom is -0.497 e. The average molecular weight is 594 g/mol. The summed E-state index contributed by atoms with van der Waals surface area (Å²) < 4.78 is 8.12. The van der Waals surface area contributed by atoms with Gasteiger partial charge in [0.15, 0.2) is 10.9 Å². The third kappa shape index (κ3) is 5.88. The Morgan fingerprint density at radius 3 is 2.38 bits per heavy atom. The number of aromatic nitrogens is 6. The number of benzene rings is 3. The van der Waals surface area contributed by atoms with E-state index in [0.717, 1.165) is 43.6 Å². The van der Waals surface area contributed by atoms with E-state index >= 15 is 0 Å². The monoisotopic (exact) mass is 593 g/mol. The molecule has 210 valence electrons. The van der Waals surface area contributed by atoms with Gasteiger partial charge in [0.1, 0.15) is 10.8 Å². The molecule has 6 aromatic rings. The molecule has 1 N–H and O–H groups in total. The highest BCUT2D eigenvalue weighted by Gasteiger charge is 2.22. The zero-order valence-electron chi connectivity index (χ0n) is 23.5. The lowest BCUT2D eigenvalue weighted by Crippen LogP contribution is -2.15. The number of nitrogens with zero attached hydrogens (tertiary/aromatic N) is 6. The summed E-state index contributed by atoms with van der Waals surface area (Å²) in [4.78, 5) is 27.3. The Balaban J connectivity index is 1.26. The van der Waals surface area contributed by atoms with E-state index in [1.807, 2.05) is 74.5 Å².